The first kappa shape index (κ1) is 25.6. The summed E-state index contributed by atoms with van der Waals surface area (Å²) in [5.74, 6) is 1.02. The Morgan fingerprint density at radius 1 is 1.18 bits per heavy atom. The minimum atomic E-state index is -0.253. The second kappa shape index (κ2) is 11.4. The maximum atomic E-state index is 13.0. The van der Waals surface area contributed by atoms with Gasteiger partial charge in [0.25, 0.3) is 5.91 Å². The van der Waals surface area contributed by atoms with Gasteiger partial charge in [0.2, 0.25) is 5.91 Å². The lowest BCUT2D eigenvalue weighted by Crippen LogP contribution is -2.55. The molecule has 0 radical (unpaired) electrons. The summed E-state index contributed by atoms with van der Waals surface area (Å²) in [5, 5.41) is 3.42. The lowest BCUT2D eigenvalue weighted by atomic mass is 9.93. The van der Waals surface area contributed by atoms with Crippen LogP contribution in [0.15, 0.2) is 12.1 Å². The molecule has 0 aromatic heterocycles. The number of ether oxygens (including phenoxy) is 2. The quantitative estimate of drug-likeness (QED) is 0.582. The van der Waals surface area contributed by atoms with Crippen molar-refractivity contribution < 1.29 is 19.1 Å². The molecule has 2 amide bonds. The van der Waals surface area contributed by atoms with Crippen LogP contribution in [0.3, 0.4) is 0 Å². The van der Waals surface area contributed by atoms with Crippen LogP contribution in [-0.4, -0.2) is 80.7 Å². The molecule has 2 atom stereocenters. The van der Waals surface area contributed by atoms with Gasteiger partial charge < -0.3 is 30.3 Å². The fraction of sp³-hybridized carbons (Fsp3) is 0.667. The number of amides is 2. The number of carbonyl (C=O) groups is 2. The van der Waals surface area contributed by atoms with Crippen molar-refractivity contribution in [2.75, 3.05) is 52.7 Å². The Bertz CT molecular complexity index is 842. The standard InChI is InChI=1S/C24H37ClN4O4/c1-15(2)24(31)29-9-5-16(6-10-29)13-28-8-7-20(22(14-28)33-4)27-23(30)17-11-18(25)19(26)12-21(17)32-3/h11-12,15-16,20,22H,5-10,13-14,26H2,1-4H3,(H,27,30). The van der Waals surface area contributed by atoms with Crippen LogP contribution in [0.4, 0.5) is 5.69 Å². The van der Waals surface area contributed by atoms with E-state index in [4.69, 9.17) is 26.8 Å². The fourth-order valence-corrected chi connectivity index (χ4v) is 4.94. The molecule has 184 valence electrons. The Morgan fingerprint density at radius 3 is 2.48 bits per heavy atom. The first-order valence-corrected chi connectivity index (χ1v) is 12.1. The normalized spacial score (nSPS) is 22.4. The Balaban J connectivity index is 1.53. The predicted octanol–water partition coefficient (Wildman–Crippen LogP) is 2.64. The lowest BCUT2D eigenvalue weighted by Gasteiger charge is -2.41. The zero-order chi connectivity index (χ0) is 24.1. The zero-order valence-corrected chi connectivity index (χ0v) is 20.9. The van der Waals surface area contributed by atoms with Gasteiger partial charge in [0.15, 0.2) is 0 Å². The molecule has 33 heavy (non-hydrogen) atoms. The number of carbonyl (C=O) groups excluding carboxylic acids is 2. The molecule has 1 aromatic carbocycles. The highest BCUT2D eigenvalue weighted by atomic mass is 35.5. The number of nitrogens with one attached hydrogen (secondary N) is 1. The second-order valence-corrected chi connectivity index (χ2v) is 9.81. The van der Waals surface area contributed by atoms with E-state index >= 15 is 0 Å². The van der Waals surface area contributed by atoms with E-state index in [9.17, 15) is 9.59 Å². The van der Waals surface area contributed by atoms with Crippen LogP contribution in [-0.2, 0) is 9.53 Å². The Kier molecular flexibility index (Phi) is 8.84. The van der Waals surface area contributed by atoms with Crippen molar-refractivity contribution in [3.63, 3.8) is 0 Å². The van der Waals surface area contributed by atoms with Crippen molar-refractivity contribution in [2.45, 2.75) is 45.3 Å². The SMILES string of the molecule is COc1cc(N)c(Cl)cc1C(=O)NC1CCN(CC2CCN(C(=O)C(C)C)CC2)CC1OC. The van der Waals surface area contributed by atoms with Crippen LogP contribution in [0.2, 0.25) is 5.02 Å². The third kappa shape index (κ3) is 6.31. The number of likely N-dealkylation sites (tertiary alicyclic amines) is 2. The van der Waals surface area contributed by atoms with Crippen molar-refractivity contribution >= 4 is 29.1 Å². The number of hydrogen-bond donors (Lipinski definition) is 2. The summed E-state index contributed by atoms with van der Waals surface area (Å²) in [5.41, 5.74) is 6.56. The van der Waals surface area contributed by atoms with Gasteiger partial charge >= 0.3 is 0 Å². The van der Waals surface area contributed by atoms with Gasteiger partial charge in [0.1, 0.15) is 5.75 Å². The van der Waals surface area contributed by atoms with E-state index in [0.717, 1.165) is 52.0 Å². The van der Waals surface area contributed by atoms with E-state index in [0.29, 0.717) is 27.9 Å². The number of nitrogen functional groups attached to an aromatic ring is 1. The van der Waals surface area contributed by atoms with Crippen molar-refractivity contribution in [1.29, 1.82) is 0 Å². The first-order valence-electron chi connectivity index (χ1n) is 11.7. The maximum absolute atomic E-state index is 13.0. The molecule has 0 saturated carbocycles. The van der Waals surface area contributed by atoms with E-state index in [1.54, 1.807) is 19.2 Å². The predicted molar refractivity (Wildman–Crippen MR) is 130 cm³/mol. The van der Waals surface area contributed by atoms with Crippen LogP contribution < -0.4 is 15.8 Å². The van der Waals surface area contributed by atoms with E-state index in [1.807, 2.05) is 18.7 Å². The molecule has 2 heterocycles. The molecule has 1 aromatic rings. The van der Waals surface area contributed by atoms with Gasteiger partial charge in [0.05, 0.1) is 35.5 Å². The fourth-order valence-electron chi connectivity index (χ4n) is 4.78. The molecule has 8 nitrogen and oxygen atoms in total. The molecule has 0 bridgehead atoms. The van der Waals surface area contributed by atoms with Crippen molar-refractivity contribution in [3.8, 4) is 5.75 Å². The minimum Gasteiger partial charge on any atom is -0.496 e. The third-order valence-corrected chi connectivity index (χ3v) is 7.09. The van der Waals surface area contributed by atoms with Crippen LogP contribution >= 0.6 is 11.6 Å². The molecule has 2 saturated heterocycles. The number of rotatable bonds is 7. The molecule has 2 unspecified atom stereocenters. The van der Waals surface area contributed by atoms with Gasteiger partial charge in [-0.2, -0.15) is 0 Å². The summed E-state index contributed by atoms with van der Waals surface area (Å²) in [7, 11) is 3.18. The van der Waals surface area contributed by atoms with Crippen LogP contribution in [0.5, 0.6) is 5.75 Å². The number of methoxy groups -OCH3 is 2. The second-order valence-electron chi connectivity index (χ2n) is 9.40. The molecular formula is C24H37ClN4O4. The van der Waals surface area contributed by atoms with E-state index in [1.165, 1.54) is 7.11 Å². The smallest absolute Gasteiger partial charge is 0.255 e. The number of hydrogen-bond acceptors (Lipinski definition) is 6. The van der Waals surface area contributed by atoms with Crippen LogP contribution in [0, 0.1) is 11.8 Å². The number of piperidine rings is 2. The number of nitrogens with two attached hydrogens (primary N) is 1. The highest BCUT2D eigenvalue weighted by Gasteiger charge is 2.33. The van der Waals surface area contributed by atoms with Crippen molar-refractivity contribution in [1.82, 2.24) is 15.1 Å². The lowest BCUT2D eigenvalue weighted by molar-refractivity contribution is -0.136. The Morgan fingerprint density at radius 2 is 1.88 bits per heavy atom. The van der Waals surface area contributed by atoms with Gasteiger partial charge in [-0.1, -0.05) is 25.4 Å². The monoisotopic (exact) mass is 480 g/mol. The highest BCUT2D eigenvalue weighted by Crippen LogP contribution is 2.29. The molecule has 2 aliphatic rings. The summed E-state index contributed by atoms with van der Waals surface area (Å²) >= 11 is 6.13. The molecule has 0 spiro atoms. The highest BCUT2D eigenvalue weighted by molar-refractivity contribution is 6.33. The van der Waals surface area contributed by atoms with Crippen LogP contribution in [0.1, 0.15) is 43.5 Å². The van der Waals surface area contributed by atoms with Gasteiger partial charge in [-0.05, 0) is 31.2 Å². The zero-order valence-electron chi connectivity index (χ0n) is 20.1. The third-order valence-electron chi connectivity index (χ3n) is 6.76. The topological polar surface area (TPSA) is 97.1 Å². The largest absolute Gasteiger partial charge is 0.496 e. The molecular weight excluding hydrogens is 444 g/mol. The number of halogens is 1. The molecule has 2 fully saturated rings. The van der Waals surface area contributed by atoms with E-state index in [-0.39, 0.29) is 29.9 Å². The number of nitrogens with zero attached hydrogens (tertiary/aromatic N) is 2. The average molecular weight is 481 g/mol. The summed E-state index contributed by atoms with van der Waals surface area (Å²) in [6.07, 6.45) is 2.75. The summed E-state index contributed by atoms with van der Waals surface area (Å²) in [4.78, 5) is 29.6. The van der Waals surface area contributed by atoms with Crippen LogP contribution in [0.25, 0.3) is 0 Å². The van der Waals surface area contributed by atoms with Gasteiger partial charge in [-0.15, -0.1) is 0 Å². The first-order chi connectivity index (χ1) is 15.7. The van der Waals surface area contributed by atoms with Crippen molar-refractivity contribution in [3.05, 3.63) is 22.7 Å². The van der Waals surface area contributed by atoms with Gasteiger partial charge in [0, 0.05) is 51.8 Å². The average Bonchev–Trinajstić information content (AvgIpc) is 2.81. The molecule has 3 rings (SSSR count). The summed E-state index contributed by atoms with van der Waals surface area (Å²) in [6, 6.07) is 3.00. The maximum Gasteiger partial charge on any atom is 0.255 e. The van der Waals surface area contributed by atoms with E-state index in [2.05, 4.69) is 10.2 Å². The van der Waals surface area contributed by atoms with Gasteiger partial charge in [-0.25, -0.2) is 0 Å². The minimum absolute atomic E-state index is 0.0579. The molecule has 0 aliphatic carbocycles. The number of benzene rings is 1. The molecule has 3 N–H and O–H groups in total. The van der Waals surface area contributed by atoms with Crippen molar-refractivity contribution in [2.24, 2.45) is 11.8 Å². The summed E-state index contributed by atoms with van der Waals surface area (Å²) < 4.78 is 11.1. The molecule has 9 heteroatoms. The Hall–Kier alpha value is -2.03. The molecule has 2 aliphatic heterocycles. The number of anilines is 1. The Labute approximate surface area is 201 Å². The van der Waals surface area contributed by atoms with E-state index < -0.39 is 0 Å². The summed E-state index contributed by atoms with van der Waals surface area (Å²) in [6.45, 7) is 8.23. The van der Waals surface area contributed by atoms with Gasteiger partial charge in [-0.3, -0.25) is 9.59 Å².